The van der Waals surface area contributed by atoms with Crippen molar-refractivity contribution in [2.45, 2.75) is 25.3 Å². The average Bonchev–Trinajstić information content (AvgIpc) is 3.09. The maximum Gasteiger partial charge on any atom is 0.143 e. The maximum atomic E-state index is 6.25. The summed E-state index contributed by atoms with van der Waals surface area (Å²) in [6.45, 7) is 6.45. The summed E-state index contributed by atoms with van der Waals surface area (Å²) in [4.78, 5) is 0. The number of ether oxygens (including phenoxy) is 1. The van der Waals surface area contributed by atoms with Gasteiger partial charge in [-0.15, -0.1) is 0 Å². The predicted octanol–water partition coefficient (Wildman–Crippen LogP) is 6.12. The molecule has 0 bridgehead atoms. The highest BCUT2D eigenvalue weighted by Crippen LogP contribution is 2.52. The first-order chi connectivity index (χ1) is 12.1. The molecule has 1 aliphatic heterocycles. The summed E-state index contributed by atoms with van der Waals surface area (Å²) >= 11 is 6.25. The van der Waals surface area contributed by atoms with Crippen molar-refractivity contribution in [2.24, 2.45) is 5.92 Å². The molecule has 0 saturated carbocycles. The van der Waals surface area contributed by atoms with E-state index in [4.69, 9.17) is 16.3 Å². The number of hydrogen-bond donors (Lipinski definition) is 1. The molecule has 2 aromatic carbocycles. The molecule has 1 N–H and O–H groups in total. The minimum Gasteiger partial charge on any atom is -0.487 e. The molecule has 4 rings (SSSR count). The fraction of sp³-hybridized carbons (Fsp3) is 0.273. The fourth-order valence-electron chi connectivity index (χ4n) is 3.94. The lowest BCUT2D eigenvalue weighted by Gasteiger charge is -2.38. The molecule has 3 atom stereocenters. The third-order valence-corrected chi connectivity index (χ3v) is 5.28. The lowest BCUT2D eigenvalue weighted by molar-refractivity contribution is 0.348. The second-order valence-corrected chi connectivity index (χ2v) is 7.43. The van der Waals surface area contributed by atoms with E-state index >= 15 is 0 Å². The van der Waals surface area contributed by atoms with Crippen molar-refractivity contribution in [3.8, 4) is 5.75 Å². The van der Waals surface area contributed by atoms with Crippen molar-refractivity contribution in [1.82, 2.24) is 0 Å². The van der Waals surface area contributed by atoms with E-state index in [-0.39, 0.29) is 6.04 Å². The lowest BCUT2D eigenvalue weighted by Crippen LogP contribution is -2.29. The Morgan fingerprint density at radius 1 is 1.28 bits per heavy atom. The number of benzene rings is 2. The smallest absolute Gasteiger partial charge is 0.143 e. The summed E-state index contributed by atoms with van der Waals surface area (Å²) in [5, 5.41) is 4.53. The van der Waals surface area contributed by atoms with Crippen LogP contribution in [0.15, 0.2) is 66.8 Å². The third kappa shape index (κ3) is 3.07. The van der Waals surface area contributed by atoms with E-state index in [0.717, 1.165) is 28.5 Å². The van der Waals surface area contributed by atoms with Crippen LogP contribution >= 0.6 is 11.6 Å². The van der Waals surface area contributed by atoms with E-state index in [9.17, 15) is 0 Å². The van der Waals surface area contributed by atoms with Gasteiger partial charge in [0.25, 0.3) is 0 Å². The highest BCUT2D eigenvalue weighted by atomic mass is 35.5. The summed E-state index contributed by atoms with van der Waals surface area (Å²) < 4.78 is 6.01. The van der Waals surface area contributed by atoms with E-state index in [1.807, 2.05) is 25.1 Å². The number of anilines is 1. The fourth-order valence-corrected chi connectivity index (χ4v) is 4.14. The molecule has 0 spiro atoms. The van der Waals surface area contributed by atoms with Crippen molar-refractivity contribution in [3.63, 3.8) is 0 Å². The van der Waals surface area contributed by atoms with Crippen molar-refractivity contribution in [2.75, 3.05) is 11.9 Å². The quantitative estimate of drug-likeness (QED) is 0.670. The standard InChI is InChI=1S/C22H22ClNO/c1-14(2)13-25-20-11-5-10-19-17-8-4-9-18(17)21(24-22(19)20)15-6-3-7-16(23)12-15/h3-8,10-12,17-18,21,24H,1,9,13H2,2H3. The van der Waals surface area contributed by atoms with Crippen molar-refractivity contribution < 1.29 is 4.74 Å². The monoisotopic (exact) mass is 351 g/mol. The Bertz CT molecular complexity index is 842. The zero-order chi connectivity index (χ0) is 17.4. The van der Waals surface area contributed by atoms with Gasteiger partial charge in [-0.05, 0) is 54.2 Å². The molecule has 2 nitrogen and oxygen atoms in total. The zero-order valence-corrected chi connectivity index (χ0v) is 15.1. The van der Waals surface area contributed by atoms with Gasteiger partial charge in [0, 0.05) is 10.9 Å². The van der Waals surface area contributed by atoms with Gasteiger partial charge in [0.05, 0.1) is 11.7 Å². The second-order valence-electron chi connectivity index (χ2n) is 7.00. The first-order valence-electron chi connectivity index (χ1n) is 8.72. The Hall–Kier alpha value is -2.19. The van der Waals surface area contributed by atoms with Crippen LogP contribution in [0.4, 0.5) is 5.69 Å². The number of hydrogen-bond acceptors (Lipinski definition) is 2. The summed E-state index contributed by atoms with van der Waals surface area (Å²) in [5.74, 6) is 1.81. The third-order valence-electron chi connectivity index (χ3n) is 5.04. The van der Waals surface area contributed by atoms with Gasteiger partial charge in [0.2, 0.25) is 0 Å². The molecule has 1 heterocycles. The molecule has 1 aliphatic carbocycles. The minimum atomic E-state index is 0.223. The van der Waals surface area contributed by atoms with Crippen LogP contribution in [0.25, 0.3) is 0 Å². The summed E-state index contributed by atoms with van der Waals surface area (Å²) in [7, 11) is 0. The minimum absolute atomic E-state index is 0.223. The molecule has 3 heteroatoms. The molecule has 0 radical (unpaired) electrons. The molecule has 128 valence electrons. The van der Waals surface area contributed by atoms with Crippen LogP contribution in [0.1, 0.15) is 36.4 Å². The Kier molecular flexibility index (Phi) is 4.30. The van der Waals surface area contributed by atoms with Crippen LogP contribution in [0, 0.1) is 5.92 Å². The Morgan fingerprint density at radius 2 is 2.12 bits per heavy atom. The van der Waals surface area contributed by atoms with Crippen molar-refractivity contribution in [1.29, 1.82) is 0 Å². The number of nitrogens with one attached hydrogen (secondary N) is 1. The van der Waals surface area contributed by atoms with Crippen molar-refractivity contribution >= 4 is 17.3 Å². The molecule has 2 aliphatic rings. The van der Waals surface area contributed by atoms with Gasteiger partial charge in [-0.1, -0.05) is 54.6 Å². The number of allylic oxidation sites excluding steroid dienone is 2. The Morgan fingerprint density at radius 3 is 2.92 bits per heavy atom. The predicted molar refractivity (Wildman–Crippen MR) is 105 cm³/mol. The largest absolute Gasteiger partial charge is 0.487 e. The van der Waals surface area contributed by atoms with Crippen LogP contribution in [-0.2, 0) is 0 Å². The van der Waals surface area contributed by atoms with Crippen LogP contribution < -0.4 is 10.1 Å². The molecule has 0 saturated heterocycles. The lowest BCUT2D eigenvalue weighted by atomic mass is 9.77. The molecule has 0 aromatic heterocycles. The first-order valence-corrected chi connectivity index (χ1v) is 9.10. The highest BCUT2D eigenvalue weighted by molar-refractivity contribution is 6.30. The van der Waals surface area contributed by atoms with Crippen LogP contribution in [0.2, 0.25) is 5.02 Å². The second kappa shape index (κ2) is 6.61. The van der Waals surface area contributed by atoms with Gasteiger partial charge >= 0.3 is 0 Å². The summed E-state index contributed by atoms with van der Waals surface area (Å²) in [5.41, 5.74) is 4.66. The van der Waals surface area contributed by atoms with Gasteiger partial charge < -0.3 is 10.1 Å². The number of fused-ring (bicyclic) bond motifs is 3. The van der Waals surface area contributed by atoms with Crippen LogP contribution in [0.3, 0.4) is 0 Å². The number of rotatable bonds is 4. The number of para-hydroxylation sites is 1. The molecule has 2 aromatic rings. The van der Waals surface area contributed by atoms with Gasteiger partial charge in [-0.25, -0.2) is 0 Å². The molecule has 25 heavy (non-hydrogen) atoms. The van der Waals surface area contributed by atoms with Gasteiger partial charge in [-0.2, -0.15) is 0 Å². The molecule has 3 unspecified atom stereocenters. The molecule has 0 fully saturated rings. The zero-order valence-electron chi connectivity index (χ0n) is 14.3. The van der Waals surface area contributed by atoms with E-state index in [2.05, 4.69) is 48.3 Å². The van der Waals surface area contributed by atoms with Crippen molar-refractivity contribution in [3.05, 3.63) is 82.9 Å². The Labute approximate surface area is 154 Å². The van der Waals surface area contributed by atoms with E-state index in [1.165, 1.54) is 11.1 Å². The maximum absolute atomic E-state index is 6.25. The summed E-state index contributed by atoms with van der Waals surface area (Å²) in [6, 6.07) is 14.7. The van der Waals surface area contributed by atoms with Crippen LogP contribution in [-0.4, -0.2) is 6.61 Å². The number of halogens is 1. The normalized spacial score (nSPS) is 23.5. The summed E-state index contributed by atoms with van der Waals surface area (Å²) in [6.07, 6.45) is 5.71. The van der Waals surface area contributed by atoms with Gasteiger partial charge in [0.15, 0.2) is 0 Å². The van der Waals surface area contributed by atoms with E-state index < -0.39 is 0 Å². The molecular weight excluding hydrogens is 330 g/mol. The molecular formula is C22H22ClNO. The SMILES string of the molecule is C=C(C)COc1cccc2c1NC(c1cccc(Cl)c1)C1CC=CC21. The topological polar surface area (TPSA) is 21.3 Å². The molecule has 0 amide bonds. The first kappa shape index (κ1) is 16.3. The van der Waals surface area contributed by atoms with Gasteiger partial charge in [0.1, 0.15) is 12.4 Å². The van der Waals surface area contributed by atoms with Crippen LogP contribution in [0.5, 0.6) is 5.75 Å². The average molecular weight is 352 g/mol. The highest BCUT2D eigenvalue weighted by Gasteiger charge is 2.38. The van der Waals surface area contributed by atoms with E-state index in [1.54, 1.807) is 0 Å². The Balaban J connectivity index is 1.75. The van der Waals surface area contributed by atoms with Gasteiger partial charge in [-0.3, -0.25) is 0 Å². The van der Waals surface area contributed by atoms with E-state index in [0.29, 0.717) is 18.4 Å².